The van der Waals surface area contributed by atoms with Gasteiger partial charge in [0.15, 0.2) is 0 Å². The Balaban J connectivity index is 1.79. The molecular weight excluding hydrogens is 458 g/mol. The fourth-order valence-corrected chi connectivity index (χ4v) is 5.08. The van der Waals surface area contributed by atoms with Crippen LogP contribution in [0.25, 0.3) is 32.8 Å². The maximum absolute atomic E-state index is 13.6. The molecule has 0 aliphatic heterocycles. The standard InChI is InChI=1S/C33H33NO3/c1-19(2)22-12-9-10-14-27(22)37-32(36)25-18-21-11-7-8-13-23(21)28(30(25)35)29-24-17-20(3)15-16-26(24)34-31(29)33(4,5)6/h7-19,34-35H,1-6H3. The number of nitrogens with one attached hydrogen (secondary N) is 1. The molecule has 5 rings (SSSR count). The van der Waals surface area contributed by atoms with Crippen LogP contribution < -0.4 is 4.74 Å². The van der Waals surface area contributed by atoms with Crippen molar-refractivity contribution in [2.24, 2.45) is 0 Å². The van der Waals surface area contributed by atoms with E-state index in [1.165, 1.54) is 0 Å². The van der Waals surface area contributed by atoms with Crippen molar-refractivity contribution in [3.05, 3.63) is 95.2 Å². The van der Waals surface area contributed by atoms with E-state index in [0.29, 0.717) is 11.3 Å². The zero-order chi connectivity index (χ0) is 26.5. The van der Waals surface area contributed by atoms with Crippen molar-refractivity contribution in [1.82, 2.24) is 4.98 Å². The number of rotatable bonds is 4. The van der Waals surface area contributed by atoms with Gasteiger partial charge in [0.1, 0.15) is 17.1 Å². The molecule has 0 fully saturated rings. The number of phenols is 1. The number of aryl methyl sites for hydroxylation is 1. The fourth-order valence-electron chi connectivity index (χ4n) is 5.08. The summed E-state index contributed by atoms with van der Waals surface area (Å²) in [5, 5.41) is 14.5. The Bertz CT molecular complexity index is 1650. The van der Waals surface area contributed by atoms with Gasteiger partial charge in [0.2, 0.25) is 0 Å². The minimum Gasteiger partial charge on any atom is -0.506 e. The van der Waals surface area contributed by atoms with Crippen LogP contribution in [0.3, 0.4) is 0 Å². The number of benzene rings is 4. The van der Waals surface area contributed by atoms with Gasteiger partial charge in [-0.25, -0.2) is 4.79 Å². The molecule has 4 heteroatoms. The second-order valence-corrected chi connectivity index (χ2v) is 11.1. The van der Waals surface area contributed by atoms with Crippen LogP contribution in [0, 0.1) is 6.92 Å². The largest absolute Gasteiger partial charge is 0.506 e. The molecule has 37 heavy (non-hydrogen) atoms. The summed E-state index contributed by atoms with van der Waals surface area (Å²) in [6, 6.07) is 23.4. The van der Waals surface area contributed by atoms with Gasteiger partial charge in [0.25, 0.3) is 0 Å². The number of H-pyrrole nitrogens is 1. The third-order valence-electron chi connectivity index (χ3n) is 6.94. The number of aromatic nitrogens is 1. The second kappa shape index (κ2) is 9.11. The molecule has 0 aliphatic rings. The topological polar surface area (TPSA) is 62.3 Å². The Morgan fingerprint density at radius 1 is 0.892 bits per heavy atom. The lowest BCUT2D eigenvalue weighted by atomic mass is 9.84. The molecule has 0 amide bonds. The van der Waals surface area contributed by atoms with Gasteiger partial charge in [0, 0.05) is 33.1 Å². The van der Waals surface area contributed by atoms with Crippen molar-refractivity contribution < 1.29 is 14.6 Å². The highest BCUT2D eigenvalue weighted by Crippen LogP contribution is 2.47. The number of aromatic amines is 1. The number of carbonyl (C=O) groups excluding carboxylic acids is 1. The SMILES string of the molecule is Cc1ccc2[nH]c(C(C)(C)C)c(-c3c(O)c(C(=O)Oc4ccccc4C(C)C)cc4ccccc34)c2c1. The van der Waals surface area contributed by atoms with Crippen molar-refractivity contribution in [2.45, 2.75) is 52.9 Å². The first-order valence-corrected chi connectivity index (χ1v) is 12.7. The molecule has 0 saturated heterocycles. The summed E-state index contributed by atoms with van der Waals surface area (Å²) in [7, 11) is 0. The van der Waals surface area contributed by atoms with Crippen molar-refractivity contribution in [3.8, 4) is 22.6 Å². The number of ether oxygens (including phenoxy) is 1. The molecule has 188 valence electrons. The first kappa shape index (κ1) is 24.6. The third kappa shape index (κ3) is 4.37. The Morgan fingerprint density at radius 3 is 2.32 bits per heavy atom. The molecule has 0 aliphatic carbocycles. The van der Waals surface area contributed by atoms with Crippen LogP contribution in [-0.4, -0.2) is 16.1 Å². The summed E-state index contributed by atoms with van der Waals surface area (Å²) < 4.78 is 5.89. The predicted molar refractivity (Wildman–Crippen MR) is 152 cm³/mol. The molecule has 2 N–H and O–H groups in total. The van der Waals surface area contributed by atoms with Crippen LogP contribution in [-0.2, 0) is 5.41 Å². The summed E-state index contributed by atoms with van der Waals surface area (Å²) >= 11 is 0. The fraction of sp³-hybridized carbons (Fsp3) is 0.242. The summed E-state index contributed by atoms with van der Waals surface area (Å²) in [4.78, 5) is 17.2. The van der Waals surface area contributed by atoms with Crippen molar-refractivity contribution in [2.75, 3.05) is 0 Å². The van der Waals surface area contributed by atoms with Crippen LogP contribution in [0.1, 0.15) is 67.7 Å². The Hall–Kier alpha value is -4.05. The van der Waals surface area contributed by atoms with Crippen molar-refractivity contribution in [3.63, 3.8) is 0 Å². The molecule has 0 radical (unpaired) electrons. The summed E-state index contributed by atoms with van der Waals surface area (Å²) in [5.74, 6) is 0.0489. The molecule has 4 nitrogen and oxygen atoms in total. The first-order chi connectivity index (χ1) is 17.6. The lowest BCUT2D eigenvalue weighted by Crippen LogP contribution is -2.14. The van der Waals surface area contributed by atoms with Gasteiger partial charge >= 0.3 is 5.97 Å². The van der Waals surface area contributed by atoms with Crippen LogP contribution in [0.15, 0.2) is 72.8 Å². The number of hydrogen-bond acceptors (Lipinski definition) is 3. The number of phenolic OH excluding ortho intramolecular Hbond substituents is 1. The number of fused-ring (bicyclic) bond motifs is 2. The summed E-state index contributed by atoms with van der Waals surface area (Å²) in [6.45, 7) is 12.6. The van der Waals surface area contributed by atoms with E-state index < -0.39 is 5.97 Å². The van der Waals surface area contributed by atoms with Gasteiger partial charge in [-0.2, -0.15) is 0 Å². The minimum absolute atomic E-state index is 0.0707. The van der Waals surface area contributed by atoms with E-state index in [0.717, 1.165) is 44.1 Å². The highest BCUT2D eigenvalue weighted by molar-refractivity contribution is 6.13. The van der Waals surface area contributed by atoms with E-state index in [2.05, 4.69) is 64.7 Å². The van der Waals surface area contributed by atoms with Gasteiger partial charge in [0.05, 0.1) is 0 Å². The second-order valence-electron chi connectivity index (χ2n) is 11.1. The van der Waals surface area contributed by atoms with Crippen molar-refractivity contribution in [1.29, 1.82) is 0 Å². The van der Waals surface area contributed by atoms with Gasteiger partial charge in [-0.15, -0.1) is 0 Å². The maximum Gasteiger partial charge on any atom is 0.347 e. The maximum atomic E-state index is 13.6. The van der Waals surface area contributed by atoms with E-state index >= 15 is 0 Å². The monoisotopic (exact) mass is 491 g/mol. The lowest BCUT2D eigenvalue weighted by Gasteiger charge is -2.22. The van der Waals surface area contributed by atoms with Crippen LogP contribution >= 0.6 is 0 Å². The molecule has 4 aromatic carbocycles. The molecule has 5 aromatic rings. The molecule has 1 heterocycles. The van der Waals surface area contributed by atoms with Crippen molar-refractivity contribution >= 4 is 27.6 Å². The van der Waals surface area contributed by atoms with E-state index in [1.807, 2.05) is 42.5 Å². The van der Waals surface area contributed by atoms with E-state index in [-0.39, 0.29) is 22.6 Å². The Morgan fingerprint density at radius 2 is 1.59 bits per heavy atom. The normalized spacial score (nSPS) is 12.0. The van der Waals surface area contributed by atoms with Gasteiger partial charge < -0.3 is 14.8 Å². The smallest absolute Gasteiger partial charge is 0.347 e. The minimum atomic E-state index is -0.578. The zero-order valence-corrected chi connectivity index (χ0v) is 22.3. The average molecular weight is 492 g/mol. The van der Waals surface area contributed by atoms with Crippen LogP contribution in [0.4, 0.5) is 0 Å². The highest BCUT2D eigenvalue weighted by atomic mass is 16.5. The number of hydrogen-bond donors (Lipinski definition) is 2. The Labute approximate surface area is 217 Å². The number of para-hydroxylation sites is 1. The van der Waals surface area contributed by atoms with Gasteiger partial charge in [-0.05, 0) is 53.4 Å². The number of aromatic hydroxyl groups is 1. The summed E-state index contributed by atoms with van der Waals surface area (Å²) in [5.41, 5.74) is 5.53. The van der Waals surface area contributed by atoms with Crippen LogP contribution in [0.2, 0.25) is 0 Å². The van der Waals surface area contributed by atoms with E-state index in [4.69, 9.17) is 4.74 Å². The molecule has 1 aromatic heterocycles. The van der Waals surface area contributed by atoms with E-state index in [1.54, 1.807) is 12.1 Å². The number of esters is 1. The molecule has 0 bridgehead atoms. The third-order valence-corrected chi connectivity index (χ3v) is 6.94. The zero-order valence-electron chi connectivity index (χ0n) is 22.3. The molecule has 0 atom stereocenters. The number of carbonyl (C=O) groups is 1. The predicted octanol–water partition coefficient (Wildman–Crippen LogP) is 8.64. The van der Waals surface area contributed by atoms with E-state index in [9.17, 15) is 9.90 Å². The molecule has 0 unspecified atom stereocenters. The molecule has 0 saturated carbocycles. The lowest BCUT2D eigenvalue weighted by molar-refractivity contribution is 0.0730. The van der Waals surface area contributed by atoms with Crippen LogP contribution in [0.5, 0.6) is 11.5 Å². The van der Waals surface area contributed by atoms with Gasteiger partial charge in [-0.3, -0.25) is 0 Å². The molecule has 0 spiro atoms. The Kier molecular flexibility index (Phi) is 6.07. The quantitative estimate of drug-likeness (QED) is 0.195. The average Bonchev–Trinajstić information content (AvgIpc) is 3.22. The summed E-state index contributed by atoms with van der Waals surface area (Å²) in [6.07, 6.45) is 0. The first-order valence-electron chi connectivity index (χ1n) is 12.7. The highest BCUT2D eigenvalue weighted by Gasteiger charge is 2.29. The van der Waals surface area contributed by atoms with Gasteiger partial charge in [-0.1, -0.05) is 88.7 Å². The molecular formula is C33H33NO3.